The van der Waals surface area contributed by atoms with Crippen LogP contribution in [0.3, 0.4) is 0 Å². The minimum Gasteiger partial charge on any atom is -0.352 e. The molecular weight excluding hydrogens is 380 g/mol. The number of amides is 1. The van der Waals surface area contributed by atoms with Crippen molar-refractivity contribution in [2.45, 2.75) is 57.5 Å². The molecule has 1 aromatic carbocycles. The van der Waals surface area contributed by atoms with E-state index in [1.807, 2.05) is 17.5 Å². The van der Waals surface area contributed by atoms with Crippen LogP contribution in [0.5, 0.6) is 0 Å². The molecule has 1 amide bonds. The average molecular weight is 409 g/mol. The first-order valence-corrected chi connectivity index (χ1v) is 11.1. The van der Waals surface area contributed by atoms with Crippen molar-refractivity contribution in [3.05, 3.63) is 53.7 Å². The van der Waals surface area contributed by atoms with Gasteiger partial charge >= 0.3 is 0 Å². The fourth-order valence-corrected chi connectivity index (χ4v) is 5.19. The molecule has 0 aliphatic carbocycles. The van der Waals surface area contributed by atoms with Crippen molar-refractivity contribution >= 4 is 33.3 Å². The number of aromatic nitrogens is 2. The summed E-state index contributed by atoms with van der Waals surface area (Å²) in [6.45, 7) is 7.43. The molecule has 0 spiro atoms. The second-order valence-corrected chi connectivity index (χ2v) is 9.45. The van der Waals surface area contributed by atoms with Gasteiger partial charge in [0.1, 0.15) is 23.0 Å². The van der Waals surface area contributed by atoms with E-state index in [2.05, 4.69) is 65.2 Å². The zero-order valence-corrected chi connectivity index (χ0v) is 18.1. The summed E-state index contributed by atoms with van der Waals surface area (Å²) in [7, 11) is 0. The third-order valence-electron chi connectivity index (χ3n) is 5.83. The van der Waals surface area contributed by atoms with E-state index in [0.717, 1.165) is 41.8 Å². The number of anilines is 1. The predicted molar refractivity (Wildman–Crippen MR) is 119 cm³/mol. The Morgan fingerprint density at radius 2 is 2.07 bits per heavy atom. The smallest absolute Gasteiger partial charge is 0.242 e. The highest BCUT2D eigenvalue weighted by atomic mass is 32.1. The number of carbonyl (C=O) groups is 1. The van der Waals surface area contributed by atoms with Gasteiger partial charge in [-0.15, -0.1) is 11.3 Å². The lowest BCUT2D eigenvalue weighted by atomic mass is 9.79. The highest BCUT2D eigenvalue weighted by Crippen LogP contribution is 2.32. The Balaban J connectivity index is 1.45. The predicted octanol–water partition coefficient (Wildman–Crippen LogP) is 4.53. The number of carbonyl (C=O) groups excluding carboxylic acids is 1. The van der Waals surface area contributed by atoms with Crippen molar-refractivity contribution in [3.8, 4) is 0 Å². The molecule has 1 aliphatic heterocycles. The molecule has 4 rings (SSSR count). The normalized spacial score (nSPS) is 18.2. The van der Waals surface area contributed by atoms with Gasteiger partial charge in [-0.1, -0.05) is 44.2 Å². The van der Waals surface area contributed by atoms with Crippen LogP contribution in [-0.4, -0.2) is 34.5 Å². The van der Waals surface area contributed by atoms with Crippen LogP contribution in [-0.2, 0) is 10.2 Å². The van der Waals surface area contributed by atoms with Crippen molar-refractivity contribution in [3.63, 3.8) is 0 Å². The van der Waals surface area contributed by atoms with E-state index in [-0.39, 0.29) is 23.4 Å². The summed E-state index contributed by atoms with van der Waals surface area (Å²) in [6, 6.07) is 12.5. The Morgan fingerprint density at radius 3 is 2.86 bits per heavy atom. The zero-order valence-electron chi connectivity index (χ0n) is 17.3. The maximum absolute atomic E-state index is 13.1. The number of nitrogens with one attached hydrogen (secondary N) is 1. The molecule has 29 heavy (non-hydrogen) atoms. The topological polar surface area (TPSA) is 58.1 Å². The van der Waals surface area contributed by atoms with Crippen molar-refractivity contribution in [1.82, 2.24) is 15.3 Å². The van der Waals surface area contributed by atoms with Crippen LogP contribution in [0.2, 0.25) is 0 Å². The van der Waals surface area contributed by atoms with Crippen molar-refractivity contribution < 1.29 is 4.79 Å². The zero-order chi connectivity index (χ0) is 20.4. The van der Waals surface area contributed by atoms with E-state index in [4.69, 9.17) is 0 Å². The van der Waals surface area contributed by atoms with Gasteiger partial charge < -0.3 is 10.2 Å². The summed E-state index contributed by atoms with van der Waals surface area (Å²) in [5.41, 5.74) is 1.29. The Morgan fingerprint density at radius 1 is 1.28 bits per heavy atom. The van der Waals surface area contributed by atoms with Crippen molar-refractivity contribution in [2.75, 3.05) is 11.4 Å². The quantitative estimate of drug-likeness (QED) is 0.651. The molecule has 1 fully saturated rings. The molecule has 2 aromatic heterocycles. The van der Waals surface area contributed by atoms with Crippen LogP contribution in [0.15, 0.2) is 48.1 Å². The SMILES string of the molecule is CC(CC(C)(C)c1ccccc1)NC(=O)C1CCCN1c1ncnc2sccc12. The number of fused-ring (bicyclic) bond motifs is 1. The van der Waals surface area contributed by atoms with Crippen LogP contribution in [0, 0.1) is 0 Å². The molecule has 0 radical (unpaired) electrons. The Kier molecular flexibility index (Phi) is 5.54. The standard InChI is InChI=1S/C23H28N4OS/c1-16(14-23(2,3)17-8-5-4-6-9-17)26-21(28)19-10-7-12-27(19)20-18-11-13-29-22(18)25-15-24-20/h4-6,8-9,11,13,15-16,19H,7,10,12,14H2,1-3H3,(H,26,28). The number of thiophene rings is 1. The molecule has 1 saturated heterocycles. The highest BCUT2D eigenvalue weighted by Gasteiger charge is 2.34. The third-order valence-corrected chi connectivity index (χ3v) is 6.65. The summed E-state index contributed by atoms with van der Waals surface area (Å²) in [4.78, 5) is 25.1. The maximum atomic E-state index is 13.1. The number of hydrogen-bond acceptors (Lipinski definition) is 5. The molecule has 2 atom stereocenters. The summed E-state index contributed by atoms with van der Waals surface area (Å²) in [5.74, 6) is 0.979. The molecule has 6 heteroatoms. The lowest BCUT2D eigenvalue weighted by molar-refractivity contribution is -0.122. The average Bonchev–Trinajstić information content (AvgIpc) is 3.37. The van der Waals surface area contributed by atoms with Crippen LogP contribution in [0.25, 0.3) is 10.2 Å². The van der Waals surface area contributed by atoms with Gasteiger partial charge in [-0.2, -0.15) is 0 Å². The Hall–Kier alpha value is -2.47. The Labute approximate surface area is 176 Å². The van der Waals surface area contributed by atoms with Crippen LogP contribution in [0.4, 0.5) is 5.82 Å². The monoisotopic (exact) mass is 408 g/mol. The molecule has 152 valence electrons. The molecule has 1 aliphatic rings. The van der Waals surface area contributed by atoms with Gasteiger partial charge in [0.15, 0.2) is 0 Å². The van der Waals surface area contributed by atoms with Crippen LogP contribution < -0.4 is 10.2 Å². The van der Waals surface area contributed by atoms with Gasteiger partial charge in [0, 0.05) is 12.6 Å². The molecule has 1 N–H and O–H groups in total. The van der Waals surface area contributed by atoms with Gasteiger partial charge in [-0.05, 0) is 48.6 Å². The minimum absolute atomic E-state index is 0.00118. The van der Waals surface area contributed by atoms with E-state index in [1.54, 1.807) is 17.7 Å². The van der Waals surface area contributed by atoms with E-state index in [9.17, 15) is 4.79 Å². The maximum Gasteiger partial charge on any atom is 0.242 e. The lowest BCUT2D eigenvalue weighted by Gasteiger charge is -2.31. The van der Waals surface area contributed by atoms with Crippen LogP contribution in [0.1, 0.15) is 45.6 Å². The van der Waals surface area contributed by atoms with E-state index in [0.29, 0.717) is 0 Å². The van der Waals surface area contributed by atoms with Gasteiger partial charge in [-0.3, -0.25) is 4.79 Å². The summed E-state index contributed by atoms with van der Waals surface area (Å²) in [6.07, 6.45) is 4.35. The number of benzene rings is 1. The fraction of sp³-hybridized carbons (Fsp3) is 0.435. The van der Waals surface area contributed by atoms with Gasteiger partial charge in [0.05, 0.1) is 5.39 Å². The van der Waals surface area contributed by atoms with Crippen molar-refractivity contribution in [1.29, 1.82) is 0 Å². The third kappa shape index (κ3) is 4.13. The fourth-order valence-electron chi connectivity index (χ4n) is 4.46. The summed E-state index contributed by atoms with van der Waals surface area (Å²) < 4.78 is 0. The molecule has 2 unspecified atom stereocenters. The first-order chi connectivity index (χ1) is 14.0. The number of nitrogens with zero attached hydrogens (tertiary/aromatic N) is 3. The molecular formula is C23H28N4OS. The molecule has 3 aromatic rings. The van der Waals surface area contributed by atoms with E-state index in [1.165, 1.54) is 5.56 Å². The first-order valence-electron chi connectivity index (χ1n) is 10.3. The van der Waals surface area contributed by atoms with Gasteiger partial charge in [-0.25, -0.2) is 9.97 Å². The van der Waals surface area contributed by atoms with Crippen molar-refractivity contribution in [2.24, 2.45) is 0 Å². The summed E-state index contributed by atoms with van der Waals surface area (Å²) >= 11 is 1.61. The lowest BCUT2D eigenvalue weighted by Crippen LogP contribution is -2.47. The first kappa shape index (κ1) is 19.8. The van der Waals surface area contributed by atoms with Gasteiger partial charge in [0.2, 0.25) is 5.91 Å². The largest absolute Gasteiger partial charge is 0.352 e. The summed E-state index contributed by atoms with van der Waals surface area (Å²) in [5, 5.41) is 6.33. The molecule has 5 nitrogen and oxygen atoms in total. The molecule has 3 heterocycles. The minimum atomic E-state index is -0.171. The van der Waals surface area contributed by atoms with Gasteiger partial charge in [0.25, 0.3) is 0 Å². The number of hydrogen-bond donors (Lipinski definition) is 1. The number of rotatable bonds is 6. The van der Waals surface area contributed by atoms with E-state index >= 15 is 0 Å². The molecule has 0 bridgehead atoms. The highest BCUT2D eigenvalue weighted by molar-refractivity contribution is 7.16. The molecule has 0 saturated carbocycles. The second-order valence-electron chi connectivity index (χ2n) is 8.55. The van der Waals surface area contributed by atoms with E-state index < -0.39 is 0 Å². The van der Waals surface area contributed by atoms with Crippen LogP contribution >= 0.6 is 11.3 Å². The Bertz CT molecular complexity index is 985. The second kappa shape index (κ2) is 8.11.